The molecule has 0 aromatic heterocycles. The van der Waals surface area contributed by atoms with Gasteiger partial charge in [-0.05, 0) is 51.0 Å². The minimum atomic E-state index is -3.62. The quantitative estimate of drug-likeness (QED) is 0.745. The third-order valence-corrected chi connectivity index (χ3v) is 8.27. The molecule has 1 saturated heterocycles. The summed E-state index contributed by atoms with van der Waals surface area (Å²) in [5, 5.41) is -0.570. The van der Waals surface area contributed by atoms with Gasteiger partial charge >= 0.3 is 0 Å². The van der Waals surface area contributed by atoms with E-state index in [2.05, 4.69) is 14.3 Å². The van der Waals surface area contributed by atoms with Crippen LogP contribution in [0.5, 0.6) is 11.5 Å². The van der Waals surface area contributed by atoms with Crippen LogP contribution in [0.25, 0.3) is 0 Å². The lowest BCUT2D eigenvalue weighted by Crippen LogP contribution is -2.48. The van der Waals surface area contributed by atoms with Gasteiger partial charge in [-0.2, -0.15) is 4.72 Å². The van der Waals surface area contributed by atoms with Crippen molar-refractivity contribution < 1.29 is 21.6 Å². The van der Waals surface area contributed by atoms with E-state index < -0.39 is 25.3 Å². The van der Waals surface area contributed by atoms with Crippen molar-refractivity contribution in [2.45, 2.75) is 43.0 Å². The van der Waals surface area contributed by atoms with Gasteiger partial charge in [0.05, 0.1) is 22.8 Å². The number of ether oxygens (including phenoxy) is 1. The van der Waals surface area contributed by atoms with Gasteiger partial charge in [0.2, 0.25) is 20.0 Å². The topological polar surface area (TPSA) is 105 Å². The Labute approximate surface area is 171 Å². The van der Waals surface area contributed by atoms with E-state index in [1.165, 1.54) is 6.07 Å². The summed E-state index contributed by atoms with van der Waals surface area (Å²) in [5.41, 5.74) is 1.06. The van der Waals surface area contributed by atoms with Crippen LogP contribution in [0.1, 0.15) is 26.7 Å². The zero-order chi connectivity index (χ0) is 20.8. The Hall–Kier alpha value is -2.30. The lowest BCUT2D eigenvalue weighted by molar-refractivity contribution is 0.479. The highest BCUT2D eigenvalue weighted by Crippen LogP contribution is 2.38. The monoisotopic (exact) mass is 437 g/mol. The van der Waals surface area contributed by atoms with Gasteiger partial charge < -0.3 is 9.64 Å². The molecule has 1 fully saturated rings. The van der Waals surface area contributed by atoms with Crippen molar-refractivity contribution in [1.29, 1.82) is 0 Å². The number of rotatable bonds is 5. The molecule has 2 aromatic rings. The van der Waals surface area contributed by atoms with Crippen molar-refractivity contribution in [3.8, 4) is 11.5 Å². The fourth-order valence-electron chi connectivity index (χ4n) is 3.47. The number of hydrogen-bond acceptors (Lipinski definition) is 6. The van der Waals surface area contributed by atoms with E-state index in [1.807, 2.05) is 0 Å². The maximum Gasteiger partial charge on any atom is 0.244 e. The van der Waals surface area contributed by atoms with Gasteiger partial charge in [-0.1, -0.05) is 6.07 Å². The predicted octanol–water partition coefficient (Wildman–Crippen LogP) is 2.85. The van der Waals surface area contributed by atoms with E-state index in [4.69, 9.17) is 4.74 Å². The van der Waals surface area contributed by atoms with Crippen molar-refractivity contribution in [1.82, 2.24) is 4.72 Å². The summed E-state index contributed by atoms with van der Waals surface area (Å²) in [6, 6.07) is 11.5. The van der Waals surface area contributed by atoms with Crippen LogP contribution in [0.4, 0.5) is 11.4 Å². The number of nitrogens with one attached hydrogen (secondary N) is 2. The summed E-state index contributed by atoms with van der Waals surface area (Å²) >= 11 is 0. The molecule has 0 spiro atoms. The average Bonchev–Trinajstić information content (AvgIpc) is 3.09. The third-order valence-electron chi connectivity index (χ3n) is 5.02. The number of fused-ring (bicyclic) bond motifs is 3. The van der Waals surface area contributed by atoms with Crippen LogP contribution in [0.2, 0.25) is 0 Å². The second kappa shape index (κ2) is 7.19. The first-order valence-corrected chi connectivity index (χ1v) is 12.4. The highest BCUT2D eigenvalue weighted by atomic mass is 32.2. The Morgan fingerprint density at radius 3 is 2.69 bits per heavy atom. The molecule has 0 aliphatic carbocycles. The van der Waals surface area contributed by atoms with Crippen molar-refractivity contribution in [2.75, 3.05) is 16.2 Å². The van der Waals surface area contributed by atoms with E-state index >= 15 is 0 Å². The smallest absolute Gasteiger partial charge is 0.244 e. The number of anilines is 2. The van der Waals surface area contributed by atoms with Crippen molar-refractivity contribution in [2.24, 2.45) is 0 Å². The average molecular weight is 438 g/mol. The molecule has 4 rings (SSSR count). The van der Waals surface area contributed by atoms with E-state index in [1.54, 1.807) is 50.2 Å². The van der Waals surface area contributed by atoms with Crippen molar-refractivity contribution in [3.05, 3.63) is 42.5 Å². The first kappa shape index (κ1) is 20.0. The minimum absolute atomic E-state index is 0.185. The Balaban J connectivity index is 1.61. The summed E-state index contributed by atoms with van der Waals surface area (Å²) < 4.78 is 60.4. The van der Waals surface area contributed by atoms with E-state index in [0.717, 1.165) is 19.4 Å². The minimum Gasteiger partial charge on any atom is -0.457 e. The molecule has 2 aromatic carbocycles. The lowest BCUT2D eigenvalue weighted by Gasteiger charge is -2.33. The maximum absolute atomic E-state index is 12.6. The molecular formula is C19H23N3O5S2. The van der Waals surface area contributed by atoms with Gasteiger partial charge in [0.25, 0.3) is 0 Å². The largest absolute Gasteiger partial charge is 0.457 e. The van der Waals surface area contributed by atoms with Gasteiger partial charge in [0.1, 0.15) is 16.4 Å². The molecule has 2 N–H and O–H groups in total. The highest BCUT2D eigenvalue weighted by molar-refractivity contribution is 7.93. The summed E-state index contributed by atoms with van der Waals surface area (Å²) in [4.78, 5) is 2.24. The SMILES string of the molecule is CC(C)S(=O)(=O)Nc1cccc(Oc2ccc3c(c2)S(=O)(=O)NC2CCCN32)c1. The fraction of sp³-hybridized carbons (Fsp3) is 0.368. The van der Waals surface area contributed by atoms with Crippen molar-refractivity contribution >= 4 is 31.4 Å². The van der Waals surface area contributed by atoms with Crippen LogP contribution in [0.15, 0.2) is 47.4 Å². The van der Waals surface area contributed by atoms with E-state index in [0.29, 0.717) is 22.9 Å². The first-order valence-electron chi connectivity index (χ1n) is 9.38. The molecule has 1 atom stereocenters. The lowest BCUT2D eigenvalue weighted by atomic mass is 10.2. The molecule has 0 saturated carbocycles. The molecule has 10 heteroatoms. The van der Waals surface area contributed by atoms with Crippen LogP contribution in [-0.4, -0.2) is 34.8 Å². The predicted molar refractivity (Wildman–Crippen MR) is 111 cm³/mol. The normalized spacial score (nSPS) is 20.2. The summed E-state index contributed by atoms with van der Waals surface area (Å²) in [6.45, 7) is 3.99. The van der Waals surface area contributed by atoms with Crippen molar-refractivity contribution in [3.63, 3.8) is 0 Å². The van der Waals surface area contributed by atoms with Crippen LogP contribution in [0.3, 0.4) is 0 Å². The third kappa shape index (κ3) is 3.92. The summed E-state index contributed by atoms with van der Waals surface area (Å²) in [6.07, 6.45) is 1.53. The second-order valence-electron chi connectivity index (χ2n) is 7.43. The molecule has 156 valence electrons. The summed E-state index contributed by atoms with van der Waals surface area (Å²) in [5.74, 6) is 0.754. The number of benzene rings is 2. The van der Waals surface area contributed by atoms with Crippen LogP contribution in [0, 0.1) is 0 Å². The summed E-state index contributed by atoms with van der Waals surface area (Å²) in [7, 11) is -7.09. The van der Waals surface area contributed by atoms with Crippen LogP contribution >= 0.6 is 0 Å². The Morgan fingerprint density at radius 2 is 1.93 bits per heavy atom. The molecule has 0 radical (unpaired) electrons. The zero-order valence-electron chi connectivity index (χ0n) is 16.1. The maximum atomic E-state index is 12.6. The molecule has 2 heterocycles. The standard InChI is InChI=1S/C19H23N3O5S2/c1-13(2)28(23,24)20-14-5-3-6-15(11-14)27-16-8-9-17-18(12-16)29(25,26)21-19-7-4-10-22(17)19/h3,5-6,8-9,11-13,19-21H,4,7,10H2,1-2H3. The van der Waals surface area contributed by atoms with Gasteiger partial charge in [-0.15, -0.1) is 0 Å². The van der Waals surface area contributed by atoms with Crippen LogP contribution < -0.4 is 19.1 Å². The van der Waals surface area contributed by atoms with Gasteiger partial charge in [0.15, 0.2) is 0 Å². The van der Waals surface area contributed by atoms with Gasteiger partial charge in [0, 0.05) is 18.7 Å². The second-order valence-corrected chi connectivity index (χ2v) is 11.3. The number of hydrogen-bond donors (Lipinski definition) is 2. The Kier molecular flexibility index (Phi) is 4.96. The van der Waals surface area contributed by atoms with Gasteiger partial charge in [-0.25, -0.2) is 16.8 Å². The number of nitrogens with zero attached hydrogens (tertiary/aromatic N) is 1. The van der Waals surface area contributed by atoms with Gasteiger partial charge in [-0.3, -0.25) is 4.72 Å². The molecule has 29 heavy (non-hydrogen) atoms. The molecule has 1 unspecified atom stereocenters. The first-order chi connectivity index (χ1) is 13.7. The Bertz CT molecular complexity index is 1150. The Morgan fingerprint density at radius 1 is 1.17 bits per heavy atom. The molecular weight excluding hydrogens is 414 g/mol. The zero-order valence-corrected chi connectivity index (χ0v) is 17.8. The van der Waals surface area contributed by atoms with Crippen LogP contribution in [-0.2, 0) is 20.0 Å². The molecule has 0 amide bonds. The molecule has 2 aliphatic rings. The van der Waals surface area contributed by atoms with E-state index in [9.17, 15) is 16.8 Å². The van der Waals surface area contributed by atoms with E-state index in [-0.39, 0.29) is 11.1 Å². The molecule has 2 aliphatic heterocycles. The molecule has 8 nitrogen and oxygen atoms in total. The fourth-order valence-corrected chi connectivity index (χ4v) is 5.63. The highest BCUT2D eigenvalue weighted by Gasteiger charge is 2.37. The molecule has 0 bridgehead atoms. The number of sulfonamides is 2.